The summed E-state index contributed by atoms with van der Waals surface area (Å²) in [5, 5.41) is 10.1. The first kappa shape index (κ1) is 17.0. The van der Waals surface area contributed by atoms with Gasteiger partial charge in [0, 0.05) is 30.4 Å². The molecule has 3 rings (SSSR count). The Bertz CT molecular complexity index is 769. The summed E-state index contributed by atoms with van der Waals surface area (Å²) in [5.74, 6) is 0.762. The van der Waals surface area contributed by atoms with Gasteiger partial charge in [-0.25, -0.2) is 0 Å². The summed E-state index contributed by atoms with van der Waals surface area (Å²) in [6.45, 7) is 3.68. The highest BCUT2D eigenvalue weighted by molar-refractivity contribution is 5.95. The highest BCUT2D eigenvalue weighted by Crippen LogP contribution is 2.28. The number of anilines is 1. The number of phenolic OH excluding ortho intramolecular Hbond substituents is 1. The van der Waals surface area contributed by atoms with Crippen LogP contribution in [0.5, 0.6) is 11.5 Å². The molecule has 1 N–H and O–H groups in total. The van der Waals surface area contributed by atoms with E-state index in [1.54, 1.807) is 18.3 Å². The number of aliphatic imine (C=N–C) groups is 1. The fourth-order valence-corrected chi connectivity index (χ4v) is 2.87. The maximum atomic E-state index is 11.8. The van der Waals surface area contributed by atoms with Gasteiger partial charge in [-0.15, -0.1) is 0 Å². The highest BCUT2D eigenvalue weighted by Gasteiger charge is 2.21. The molecule has 25 heavy (non-hydrogen) atoms. The normalized spacial score (nSPS) is 14.4. The second kappa shape index (κ2) is 7.83. The summed E-state index contributed by atoms with van der Waals surface area (Å²) in [7, 11) is 0. The Morgan fingerprint density at radius 1 is 1.24 bits per heavy atom. The smallest absolute Gasteiger partial charge is 0.227 e. The van der Waals surface area contributed by atoms with Crippen molar-refractivity contribution in [2.24, 2.45) is 4.99 Å². The summed E-state index contributed by atoms with van der Waals surface area (Å²) in [6, 6.07) is 13.2. The highest BCUT2D eigenvalue weighted by atomic mass is 16.5. The Morgan fingerprint density at radius 3 is 2.72 bits per heavy atom. The lowest BCUT2D eigenvalue weighted by Gasteiger charge is -2.15. The minimum Gasteiger partial charge on any atom is -0.504 e. The monoisotopic (exact) mass is 338 g/mol. The first-order chi connectivity index (χ1) is 12.2. The molecule has 1 fully saturated rings. The zero-order valence-corrected chi connectivity index (χ0v) is 14.3. The Balaban J connectivity index is 1.64. The van der Waals surface area contributed by atoms with E-state index in [0.717, 1.165) is 24.2 Å². The lowest BCUT2D eigenvalue weighted by atomic mass is 10.2. The van der Waals surface area contributed by atoms with E-state index in [1.807, 2.05) is 42.2 Å². The number of phenols is 1. The minimum atomic E-state index is 0.107. The van der Waals surface area contributed by atoms with E-state index in [2.05, 4.69) is 4.99 Å². The molecule has 130 valence electrons. The third-order valence-corrected chi connectivity index (χ3v) is 4.16. The van der Waals surface area contributed by atoms with Crippen molar-refractivity contribution in [1.82, 2.24) is 0 Å². The molecule has 0 aliphatic carbocycles. The average molecular weight is 338 g/mol. The van der Waals surface area contributed by atoms with Crippen LogP contribution in [0, 0.1) is 0 Å². The fourth-order valence-electron chi connectivity index (χ4n) is 2.87. The Hall–Kier alpha value is -2.82. The van der Waals surface area contributed by atoms with Gasteiger partial charge in [-0.2, -0.15) is 0 Å². The molecular formula is C20H22N2O3. The molecule has 0 radical (unpaired) electrons. The van der Waals surface area contributed by atoms with Crippen molar-refractivity contribution < 1.29 is 14.6 Å². The number of ether oxygens (including phenoxy) is 1. The summed E-state index contributed by atoms with van der Waals surface area (Å²) >= 11 is 0. The first-order valence-electron chi connectivity index (χ1n) is 8.53. The third-order valence-electron chi connectivity index (χ3n) is 4.16. The van der Waals surface area contributed by atoms with E-state index in [0.29, 0.717) is 30.9 Å². The van der Waals surface area contributed by atoms with Crippen LogP contribution in [0.2, 0.25) is 0 Å². The van der Waals surface area contributed by atoms with Gasteiger partial charge in [-0.05, 0) is 43.2 Å². The SMILES string of the molecule is CCOc1cccc(C=NCc2ccc(N3CCCC3=O)cc2)c1O. The largest absolute Gasteiger partial charge is 0.504 e. The molecule has 0 spiro atoms. The summed E-state index contributed by atoms with van der Waals surface area (Å²) in [4.78, 5) is 18.0. The van der Waals surface area contributed by atoms with Crippen LogP contribution in [0.1, 0.15) is 30.9 Å². The molecule has 1 aliphatic rings. The van der Waals surface area contributed by atoms with Gasteiger partial charge < -0.3 is 14.7 Å². The Labute approximate surface area is 147 Å². The first-order valence-corrected chi connectivity index (χ1v) is 8.53. The molecule has 0 atom stereocenters. The van der Waals surface area contributed by atoms with Crippen LogP contribution in [0.15, 0.2) is 47.5 Å². The van der Waals surface area contributed by atoms with E-state index >= 15 is 0 Å². The van der Waals surface area contributed by atoms with Crippen LogP contribution in [-0.4, -0.2) is 30.4 Å². The van der Waals surface area contributed by atoms with Crippen LogP contribution in [0.3, 0.4) is 0 Å². The van der Waals surface area contributed by atoms with E-state index < -0.39 is 0 Å². The minimum absolute atomic E-state index is 0.107. The van der Waals surface area contributed by atoms with E-state index in [1.165, 1.54) is 0 Å². The molecule has 1 heterocycles. The predicted octanol–water partition coefficient (Wildman–Crippen LogP) is 3.54. The second-order valence-electron chi connectivity index (χ2n) is 5.91. The number of aromatic hydroxyl groups is 1. The number of carbonyl (C=O) groups is 1. The van der Waals surface area contributed by atoms with E-state index in [-0.39, 0.29) is 11.7 Å². The number of carbonyl (C=O) groups excluding carboxylic acids is 1. The number of hydrogen-bond donors (Lipinski definition) is 1. The van der Waals surface area contributed by atoms with Gasteiger partial charge in [0.25, 0.3) is 0 Å². The Morgan fingerprint density at radius 2 is 2.04 bits per heavy atom. The predicted molar refractivity (Wildman–Crippen MR) is 98.6 cm³/mol. The van der Waals surface area contributed by atoms with Crippen molar-refractivity contribution in [1.29, 1.82) is 0 Å². The van der Waals surface area contributed by atoms with Crippen LogP contribution in [0.4, 0.5) is 5.69 Å². The molecule has 0 bridgehead atoms. The average Bonchev–Trinajstić information content (AvgIpc) is 3.05. The number of rotatable bonds is 6. The molecule has 5 nitrogen and oxygen atoms in total. The van der Waals surface area contributed by atoms with Crippen LogP contribution >= 0.6 is 0 Å². The summed E-state index contributed by atoms with van der Waals surface area (Å²) in [5.41, 5.74) is 2.62. The number of para-hydroxylation sites is 1. The molecule has 0 unspecified atom stereocenters. The molecule has 1 aliphatic heterocycles. The molecule has 0 saturated carbocycles. The standard InChI is InChI=1S/C20H22N2O3/c1-2-25-18-6-3-5-16(20(18)24)14-21-13-15-8-10-17(11-9-15)22-12-4-7-19(22)23/h3,5-6,8-11,14,24H,2,4,7,12-13H2,1H3. The molecular weight excluding hydrogens is 316 g/mol. The second-order valence-corrected chi connectivity index (χ2v) is 5.91. The number of benzene rings is 2. The van der Waals surface area contributed by atoms with Gasteiger partial charge in [-0.3, -0.25) is 9.79 Å². The van der Waals surface area contributed by atoms with Crippen LogP contribution < -0.4 is 9.64 Å². The zero-order valence-electron chi connectivity index (χ0n) is 14.3. The maximum absolute atomic E-state index is 11.8. The van der Waals surface area contributed by atoms with Gasteiger partial charge in [-0.1, -0.05) is 18.2 Å². The van der Waals surface area contributed by atoms with Crippen LogP contribution in [-0.2, 0) is 11.3 Å². The Kier molecular flexibility index (Phi) is 5.33. The van der Waals surface area contributed by atoms with Crippen molar-refractivity contribution in [2.75, 3.05) is 18.1 Å². The van der Waals surface area contributed by atoms with E-state index in [4.69, 9.17) is 4.74 Å². The van der Waals surface area contributed by atoms with Gasteiger partial charge in [0.15, 0.2) is 11.5 Å². The maximum Gasteiger partial charge on any atom is 0.227 e. The molecule has 5 heteroatoms. The van der Waals surface area contributed by atoms with Crippen molar-refractivity contribution in [2.45, 2.75) is 26.3 Å². The molecule has 2 aromatic carbocycles. The van der Waals surface area contributed by atoms with Gasteiger partial charge in [0.2, 0.25) is 5.91 Å². The van der Waals surface area contributed by atoms with Crippen molar-refractivity contribution >= 4 is 17.8 Å². The molecule has 2 aromatic rings. The molecule has 0 aromatic heterocycles. The zero-order chi connectivity index (χ0) is 17.6. The number of hydrogen-bond acceptors (Lipinski definition) is 4. The lowest BCUT2D eigenvalue weighted by molar-refractivity contribution is -0.117. The molecule has 1 amide bonds. The fraction of sp³-hybridized carbons (Fsp3) is 0.300. The van der Waals surface area contributed by atoms with Crippen molar-refractivity contribution in [3.05, 3.63) is 53.6 Å². The van der Waals surface area contributed by atoms with Gasteiger partial charge in [0.1, 0.15) is 0 Å². The van der Waals surface area contributed by atoms with Crippen molar-refractivity contribution in [3.8, 4) is 11.5 Å². The number of nitrogens with zero attached hydrogens (tertiary/aromatic N) is 2. The lowest BCUT2D eigenvalue weighted by Crippen LogP contribution is -2.23. The van der Waals surface area contributed by atoms with E-state index in [9.17, 15) is 9.90 Å². The quantitative estimate of drug-likeness (QED) is 0.820. The van der Waals surface area contributed by atoms with Gasteiger partial charge >= 0.3 is 0 Å². The van der Waals surface area contributed by atoms with Gasteiger partial charge in [0.05, 0.1) is 13.2 Å². The third kappa shape index (κ3) is 3.99. The number of amides is 1. The summed E-state index contributed by atoms with van der Waals surface area (Å²) < 4.78 is 5.37. The summed E-state index contributed by atoms with van der Waals surface area (Å²) in [6.07, 6.45) is 3.21. The molecule has 1 saturated heterocycles. The van der Waals surface area contributed by atoms with Crippen molar-refractivity contribution in [3.63, 3.8) is 0 Å². The van der Waals surface area contributed by atoms with Crippen LogP contribution in [0.25, 0.3) is 0 Å². The topological polar surface area (TPSA) is 62.1 Å².